The predicted octanol–water partition coefficient (Wildman–Crippen LogP) is 1.84. The summed E-state index contributed by atoms with van der Waals surface area (Å²) in [5.41, 5.74) is -0.595. The highest BCUT2D eigenvalue weighted by Gasteiger charge is 2.21. The molecule has 0 saturated carbocycles. The molecule has 1 aromatic carbocycles. The molecule has 0 unspecified atom stereocenters. The van der Waals surface area contributed by atoms with Gasteiger partial charge in [-0.1, -0.05) is 12.1 Å². The van der Waals surface area contributed by atoms with Crippen molar-refractivity contribution in [3.8, 4) is 5.75 Å². The van der Waals surface area contributed by atoms with Gasteiger partial charge in [0.2, 0.25) is 10.0 Å². The first kappa shape index (κ1) is 19.2. The summed E-state index contributed by atoms with van der Waals surface area (Å²) in [5.74, 6) is 0.264. The molecule has 0 atom stereocenters. The number of nitrogens with zero attached hydrogens (tertiary/aromatic N) is 1. The maximum absolute atomic E-state index is 12.3. The maximum Gasteiger partial charge on any atom is 0.410 e. The lowest BCUT2D eigenvalue weighted by molar-refractivity contribution is 0.0302. The van der Waals surface area contributed by atoms with Gasteiger partial charge in [0.25, 0.3) is 0 Å². The molecule has 0 bridgehead atoms. The fraction of sp³-hybridized carbons (Fsp3) is 0.533. The fourth-order valence-corrected chi connectivity index (χ4v) is 2.89. The molecule has 0 saturated heterocycles. The van der Waals surface area contributed by atoms with Crippen molar-refractivity contribution in [3.05, 3.63) is 24.3 Å². The molecule has 1 aromatic rings. The summed E-state index contributed by atoms with van der Waals surface area (Å²) in [6.45, 7) is 5.55. The standard InChI is InChI=1S/C15H24N2O5S/c1-15(2,3)22-14(18)17(4)11-10-16-23(19,20)13-9-7-6-8-12(13)21-5/h6-9,16H,10-11H2,1-5H3. The summed E-state index contributed by atoms with van der Waals surface area (Å²) < 4.78 is 37.2. The van der Waals surface area contributed by atoms with Crippen molar-refractivity contribution in [1.29, 1.82) is 0 Å². The number of methoxy groups -OCH3 is 1. The van der Waals surface area contributed by atoms with Gasteiger partial charge in [-0.25, -0.2) is 17.9 Å². The lowest BCUT2D eigenvalue weighted by atomic mass is 10.2. The Bertz CT molecular complexity index is 638. The normalized spacial score (nSPS) is 11.9. The monoisotopic (exact) mass is 344 g/mol. The highest BCUT2D eigenvalue weighted by Crippen LogP contribution is 2.22. The molecule has 1 amide bonds. The molecule has 8 heteroatoms. The minimum atomic E-state index is -3.71. The van der Waals surface area contributed by atoms with Crippen LogP contribution in [-0.4, -0.2) is 52.3 Å². The van der Waals surface area contributed by atoms with Gasteiger partial charge in [0.1, 0.15) is 16.2 Å². The zero-order chi connectivity index (χ0) is 17.7. The van der Waals surface area contributed by atoms with Crippen LogP contribution in [-0.2, 0) is 14.8 Å². The van der Waals surface area contributed by atoms with Crippen LogP contribution < -0.4 is 9.46 Å². The van der Waals surface area contributed by atoms with Crippen LogP contribution in [0.25, 0.3) is 0 Å². The first-order chi connectivity index (χ1) is 10.6. The second-order valence-corrected chi connectivity index (χ2v) is 7.69. The highest BCUT2D eigenvalue weighted by atomic mass is 32.2. The van der Waals surface area contributed by atoms with Gasteiger partial charge in [-0.2, -0.15) is 0 Å². The average Bonchev–Trinajstić information content (AvgIpc) is 2.45. The number of sulfonamides is 1. The Hall–Kier alpha value is -1.80. The van der Waals surface area contributed by atoms with E-state index in [0.29, 0.717) is 0 Å². The Balaban J connectivity index is 2.62. The first-order valence-electron chi connectivity index (χ1n) is 7.13. The Morgan fingerprint density at radius 2 is 1.87 bits per heavy atom. The lowest BCUT2D eigenvalue weighted by Crippen LogP contribution is -2.39. The minimum Gasteiger partial charge on any atom is -0.495 e. The Morgan fingerprint density at radius 3 is 2.43 bits per heavy atom. The van der Waals surface area contributed by atoms with Crippen LogP contribution in [0.3, 0.4) is 0 Å². The fourth-order valence-electron chi connectivity index (χ4n) is 1.70. The third-order valence-electron chi connectivity index (χ3n) is 2.80. The molecule has 130 valence electrons. The molecule has 0 heterocycles. The smallest absolute Gasteiger partial charge is 0.410 e. The maximum atomic E-state index is 12.3. The van der Waals surface area contributed by atoms with Crippen LogP contribution in [0.4, 0.5) is 4.79 Å². The first-order valence-corrected chi connectivity index (χ1v) is 8.62. The van der Waals surface area contributed by atoms with Crippen LogP contribution in [0, 0.1) is 0 Å². The summed E-state index contributed by atoms with van der Waals surface area (Å²) in [6, 6.07) is 6.33. The number of benzene rings is 1. The summed E-state index contributed by atoms with van der Waals surface area (Å²) in [5, 5.41) is 0. The molecule has 0 aliphatic heterocycles. The molecule has 0 spiro atoms. The Labute approximate surface area is 137 Å². The topological polar surface area (TPSA) is 84.9 Å². The van der Waals surface area contributed by atoms with E-state index in [1.807, 2.05) is 0 Å². The minimum absolute atomic E-state index is 0.0578. The van der Waals surface area contributed by atoms with Crippen LogP contribution in [0.5, 0.6) is 5.75 Å². The quantitative estimate of drug-likeness (QED) is 0.851. The molecule has 1 N–H and O–H groups in total. The van der Waals surface area contributed by atoms with Crippen LogP contribution in [0.1, 0.15) is 20.8 Å². The van der Waals surface area contributed by atoms with E-state index in [1.54, 1.807) is 46.0 Å². The number of nitrogens with one attached hydrogen (secondary N) is 1. The SMILES string of the molecule is COc1ccccc1S(=O)(=O)NCCN(C)C(=O)OC(C)(C)C. The highest BCUT2D eigenvalue weighted by molar-refractivity contribution is 7.89. The second kappa shape index (κ2) is 7.65. The van der Waals surface area contributed by atoms with Gasteiger partial charge in [0.05, 0.1) is 7.11 Å². The third-order valence-corrected chi connectivity index (χ3v) is 4.30. The second-order valence-electron chi connectivity index (χ2n) is 5.95. The van der Waals surface area contributed by atoms with Crippen molar-refractivity contribution in [2.45, 2.75) is 31.3 Å². The number of hydrogen-bond donors (Lipinski definition) is 1. The van der Waals surface area contributed by atoms with Crippen LogP contribution in [0.15, 0.2) is 29.2 Å². The number of carbonyl (C=O) groups excluding carboxylic acids is 1. The molecule has 0 radical (unpaired) electrons. The lowest BCUT2D eigenvalue weighted by Gasteiger charge is -2.24. The van der Waals surface area contributed by atoms with Gasteiger partial charge >= 0.3 is 6.09 Å². The number of para-hydroxylation sites is 1. The van der Waals surface area contributed by atoms with E-state index >= 15 is 0 Å². The van der Waals surface area contributed by atoms with Gasteiger partial charge in [-0.3, -0.25) is 0 Å². The van der Waals surface area contributed by atoms with E-state index in [1.165, 1.54) is 18.1 Å². The zero-order valence-electron chi connectivity index (χ0n) is 14.1. The van der Waals surface area contributed by atoms with Gasteiger partial charge in [-0.15, -0.1) is 0 Å². The van der Waals surface area contributed by atoms with E-state index in [2.05, 4.69) is 4.72 Å². The number of ether oxygens (including phenoxy) is 2. The molecular formula is C15H24N2O5S. The number of carbonyl (C=O) groups is 1. The molecule has 1 rings (SSSR count). The molecule has 0 aliphatic rings. The van der Waals surface area contributed by atoms with E-state index in [0.717, 1.165) is 0 Å². The van der Waals surface area contributed by atoms with Crippen molar-refractivity contribution in [2.24, 2.45) is 0 Å². The number of amides is 1. The van der Waals surface area contributed by atoms with Gasteiger partial charge < -0.3 is 14.4 Å². The Kier molecular flexibility index (Phi) is 6.40. The summed E-state index contributed by atoms with van der Waals surface area (Å²) in [7, 11) is -0.759. The third kappa shape index (κ3) is 6.07. The summed E-state index contributed by atoms with van der Waals surface area (Å²) >= 11 is 0. The number of rotatable bonds is 6. The molecule has 7 nitrogen and oxygen atoms in total. The largest absolute Gasteiger partial charge is 0.495 e. The van der Waals surface area contributed by atoms with Crippen molar-refractivity contribution in [2.75, 3.05) is 27.2 Å². The van der Waals surface area contributed by atoms with E-state index < -0.39 is 21.7 Å². The van der Waals surface area contributed by atoms with Crippen LogP contribution >= 0.6 is 0 Å². The van der Waals surface area contributed by atoms with Crippen molar-refractivity contribution < 1.29 is 22.7 Å². The van der Waals surface area contributed by atoms with Gasteiger partial charge in [0, 0.05) is 20.1 Å². The molecule has 23 heavy (non-hydrogen) atoms. The summed E-state index contributed by atoms with van der Waals surface area (Å²) in [4.78, 5) is 13.2. The Morgan fingerprint density at radius 1 is 1.26 bits per heavy atom. The molecule has 0 fully saturated rings. The van der Waals surface area contributed by atoms with Crippen LogP contribution in [0.2, 0.25) is 0 Å². The van der Waals surface area contributed by atoms with Gasteiger partial charge in [0.15, 0.2) is 0 Å². The van der Waals surface area contributed by atoms with Crippen molar-refractivity contribution >= 4 is 16.1 Å². The molecule has 0 aliphatic carbocycles. The van der Waals surface area contributed by atoms with E-state index in [4.69, 9.17) is 9.47 Å². The van der Waals surface area contributed by atoms with Crippen molar-refractivity contribution in [1.82, 2.24) is 9.62 Å². The number of hydrogen-bond acceptors (Lipinski definition) is 5. The van der Waals surface area contributed by atoms with E-state index in [9.17, 15) is 13.2 Å². The average molecular weight is 344 g/mol. The molecular weight excluding hydrogens is 320 g/mol. The van der Waals surface area contributed by atoms with Gasteiger partial charge in [-0.05, 0) is 32.9 Å². The zero-order valence-corrected chi connectivity index (χ0v) is 14.9. The van der Waals surface area contributed by atoms with E-state index in [-0.39, 0.29) is 23.7 Å². The predicted molar refractivity (Wildman–Crippen MR) is 87.0 cm³/mol. The van der Waals surface area contributed by atoms with Crippen molar-refractivity contribution in [3.63, 3.8) is 0 Å². The summed E-state index contributed by atoms with van der Waals surface area (Å²) in [6.07, 6.45) is -0.506. The number of likely N-dealkylation sites (N-methyl/N-ethyl adjacent to an activating group) is 1. The molecule has 0 aromatic heterocycles.